The van der Waals surface area contributed by atoms with Gasteiger partial charge in [0.15, 0.2) is 0 Å². The van der Waals surface area contributed by atoms with Gasteiger partial charge in [-0.15, -0.1) is 0 Å². The normalized spacial score (nSPS) is 11.0. The van der Waals surface area contributed by atoms with E-state index in [2.05, 4.69) is 24.6 Å². The molecule has 8 nitrogen and oxygen atoms in total. The third-order valence-electron chi connectivity index (χ3n) is 4.02. The van der Waals surface area contributed by atoms with Crippen molar-refractivity contribution >= 4 is 33.5 Å². The molecule has 1 aromatic carbocycles. The summed E-state index contributed by atoms with van der Waals surface area (Å²) >= 11 is 1.33. The first-order valence-corrected chi connectivity index (χ1v) is 8.56. The van der Waals surface area contributed by atoms with Crippen molar-refractivity contribution in [3.63, 3.8) is 0 Å². The number of rotatable bonds is 5. The first-order chi connectivity index (χ1) is 12.6. The minimum atomic E-state index is -1.01. The SMILES string of the molecule is Cn1c(C(=O)O)cnc1CNc1ncnc2c(-c3ccccc3)nsc12. The summed E-state index contributed by atoms with van der Waals surface area (Å²) in [6.07, 6.45) is 2.84. The van der Waals surface area contributed by atoms with Crippen LogP contribution in [0.15, 0.2) is 42.9 Å². The molecule has 4 aromatic rings. The predicted octanol–water partition coefficient (Wildman–Crippen LogP) is 2.80. The summed E-state index contributed by atoms with van der Waals surface area (Å²) in [5.41, 5.74) is 2.74. The summed E-state index contributed by atoms with van der Waals surface area (Å²) < 4.78 is 6.91. The highest BCUT2D eigenvalue weighted by Gasteiger charge is 2.16. The molecule has 0 bridgehead atoms. The first-order valence-electron chi connectivity index (χ1n) is 7.78. The molecule has 0 aliphatic carbocycles. The number of anilines is 1. The van der Waals surface area contributed by atoms with Crippen LogP contribution in [0.3, 0.4) is 0 Å². The monoisotopic (exact) mass is 366 g/mol. The predicted molar refractivity (Wildman–Crippen MR) is 98.1 cm³/mol. The van der Waals surface area contributed by atoms with E-state index in [1.54, 1.807) is 7.05 Å². The van der Waals surface area contributed by atoms with Gasteiger partial charge in [0.05, 0.1) is 12.7 Å². The maximum absolute atomic E-state index is 11.1. The van der Waals surface area contributed by atoms with Crippen molar-refractivity contribution < 1.29 is 9.90 Å². The lowest BCUT2D eigenvalue weighted by Crippen LogP contribution is -2.11. The number of benzene rings is 1. The van der Waals surface area contributed by atoms with Crippen molar-refractivity contribution in [2.45, 2.75) is 6.54 Å². The molecule has 4 rings (SSSR count). The summed E-state index contributed by atoms with van der Waals surface area (Å²) in [5, 5.41) is 12.3. The number of hydrogen-bond acceptors (Lipinski definition) is 7. The number of aromatic nitrogens is 5. The van der Waals surface area contributed by atoms with Gasteiger partial charge in [-0.25, -0.2) is 19.7 Å². The lowest BCUT2D eigenvalue weighted by Gasteiger charge is -2.07. The molecule has 0 amide bonds. The fourth-order valence-electron chi connectivity index (χ4n) is 2.65. The molecule has 3 aromatic heterocycles. The van der Waals surface area contributed by atoms with Gasteiger partial charge in [-0.3, -0.25) is 0 Å². The summed E-state index contributed by atoms with van der Waals surface area (Å²) in [6.45, 7) is 0.342. The zero-order chi connectivity index (χ0) is 18.1. The van der Waals surface area contributed by atoms with Crippen molar-refractivity contribution in [3.8, 4) is 11.3 Å². The molecule has 0 fully saturated rings. The third kappa shape index (κ3) is 2.78. The topological polar surface area (TPSA) is 106 Å². The number of fused-ring (bicyclic) bond motifs is 1. The van der Waals surface area contributed by atoms with Crippen molar-refractivity contribution in [2.24, 2.45) is 7.05 Å². The van der Waals surface area contributed by atoms with E-state index < -0.39 is 5.97 Å². The minimum absolute atomic E-state index is 0.138. The number of carboxylic acids is 1. The average Bonchev–Trinajstić information content (AvgIpc) is 3.24. The van der Waals surface area contributed by atoms with Crippen LogP contribution < -0.4 is 5.32 Å². The zero-order valence-corrected chi connectivity index (χ0v) is 14.6. The van der Waals surface area contributed by atoms with Gasteiger partial charge in [0.25, 0.3) is 0 Å². The average molecular weight is 366 g/mol. The fourth-order valence-corrected chi connectivity index (χ4v) is 3.47. The fraction of sp³-hybridized carbons (Fsp3) is 0.118. The van der Waals surface area contributed by atoms with Crippen molar-refractivity contribution in [3.05, 3.63) is 54.4 Å². The van der Waals surface area contributed by atoms with Crippen molar-refractivity contribution in [2.75, 3.05) is 5.32 Å². The summed E-state index contributed by atoms with van der Waals surface area (Å²) in [4.78, 5) is 23.9. The van der Waals surface area contributed by atoms with E-state index in [1.807, 2.05) is 30.3 Å². The maximum atomic E-state index is 11.1. The highest BCUT2D eigenvalue weighted by molar-refractivity contribution is 7.14. The first kappa shape index (κ1) is 16.2. The summed E-state index contributed by atoms with van der Waals surface area (Å²) in [6, 6.07) is 9.86. The van der Waals surface area contributed by atoms with Crippen LogP contribution in [-0.4, -0.2) is 35.0 Å². The summed E-state index contributed by atoms with van der Waals surface area (Å²) in [7, 11) is 1.67. The minimum Gasteiger partial charge on any atom is -0.477 e. The van der Waals surface area contributed by atoms with E-state index in [0.29, 0.717) is 18.2 Å². The Morgan fingerprint density at radius 2 is 2.04 bits per heavy atom. The molecule has 0 radical (unpaired) electrons. The van der Waals surface area contributed by atoms with E-state index in [4.69, 9.17) is 5.11 Å². The van der Waals surface area contributed by atoms with Crippen LogP contribution in [-0.2, 0) is 13.6 Å². The number of carboxylic acid groups (broad SMARTS) is 1. The Hall–Kier alpha value is -3.33. The van der Waals surface area contributed by atoms with E-state index in [9.17, 15) is 4.79 Å². The molecule has 26 heavy (non-hydrogen) atoms. The van der Waals surface area contributed by atoms with Gasteiger partial charge < -0.3 is 15.0 Å². The molecule has 130 valence electrons. The Morgan fingerprint density at radius 3 is 2.77 bits per heavy atom. The Balaban J connectivity index is 1.64. The smallest absolute Gasteiger partial charge is 0.354 e. The molecule has 0 aliphatic rings. The van der Waals surface area contributed by atoms with E-state index in [-0.39, 0.29) is 5.69 Å². The molecule has 0 aliphatic heterocycles. The largest absolute Gasteiger partial charge is 0.477 e. The summed E-state index contributed by atoms with van der Waals surface area (Å²) in [5.74, 6) is 0.238. The Kier molecular flexibility index (Phi) is 4.05. The Bertz CT molecular complexity index is 1090. The molecule has 3 heterocycles. The van der Waals surface area contributed by atoms with Gasteiger partial charge in [0.1, 0.15) is 39.6 Å². The number of hydrogen-bond donors (Lipinski definition) is 2. The number of aromatic carboxylic acids is 1. The molecule has 0 atom stereocenters. The Morgan fingerprint density at radius 1 is 1.23 bits per heavy atom. The zero-order valence-electron chi connectivity index (χ0n) is 13.7. The Labute approximate surface area is 152 Å². The lowest BCUT2D eigenvalue weighted by molar-refractivity contribution is 0.0686. The third-order valence-corrected chi connectivity index (χ3v) is 4.86. The van der Waals surface area contributed by atoms with Crippen LogP contribution in [0.4, 0.5) is 5.82 Å². The highest BCUT2D eigenvalue weighted by Crippen LogP contribution is 2.32. The standard InChI is InChI=1S/C17H14N6O2S/c1-23-11(17(24)25)7-18-12(23)8-19-16-15-14(20-9-21-16)13(22-26-15)10-5-3-2-4-6-10/h2-7,9H,8H2,1H3,(H,24,25)(H,19,20,21). The highest BCUT2D eigenvalue weighted by atomic mass is 32.1. The second-order valence-electron chi connectivity index (χ2n) is 5.57. The molecular formula is C17H14N6O2S. The van der Waals surface area contributed by atoms with Crippen molar-refractivity contribution in [1.82, 2.24) is 23.9 Å². The number of imidazole rings is 1. The molecule has 2 N–H and O–H groups in total. The van der Waals surface area contributed by atoms with Gasteiger partial charge in [-0.1, -0.05) is 30.3 Å². The second-order valence-corrected chi connectivity index (χ2v) is 6.35. The number of nitrogens with one attached hydrogen (secondary N) is 1. The van der Waals surface area contributed by atoms with Crippen LogP contribution >= 0.6 is 11.5 Å². The molecule has 0 spiro atoms. The number of nitrogens with zero attached hydrogens (tertiary/aromatic N) is 5. The van der Waals surface area contributed by atoms with Crippen LogP contribution in [0.2, 0.25) is 0 Å². The molecular weight excluding hydrogens is 352 g/mol. The van der Waals surface area contributed by atoms with Gasteiger partial charge in [0, 0.05) is 12.6 Å². The van der Waals surface area contributed by atoms with Crippen LogP contribution in [0, 0.1) is 0 Å². The van der Waals surface area contributed by atoms with Gasteiger partial charge in [-0.05, 0) is 11.5 Å². The van der Waals surface area contributed by atoms with Crippen molar-refractivity contribution in [1.29, 1.82) is 0 Å². The second kappa shape index (κ2) is 6.52. The molecule has 0 saturated carbocycles. The van der Waals surface area contributed by atoms with Crippen LogP contribution in [0.25, 0.3) is 21.5 Å². The lowest BCUT2D eigenvalue weighted by atomic mass is 10.1. The quantitative estimate of drug-likeness (QED) is 0.559. The van der Waals surface area contributed by atoms with E-state index in [0.717, 1.165) is 21.5 Å². The van der Waals surface area contributed by atoms with Gasteiger partial charge in [0.2, 0.25) is 0 Å². The van der Waals surface area contributed by atoms with E-state index >= 15 is 0 Å². The molecule has 0 saturated heterocycles. The van der Waals surface area contributed by atoms with Gasteiger partial charge >= 0.3 is 5.97 Å². The van der Waals surface area contributed by atoms with Crippen LogP contribution in [0.5, 0.6) is 0 Å². The maximum Gasteiger partial charge on any atom is 0.354 e. The molecule has 0 unspecified atom stereocenters. The number of carbonyl (C=O) groups is 1. The van der Waals surface area contributed by atoms with Crippen LogP contribution in [0.1, 0.15) is 16.3 Å². The van der Waals surface area contributed by atoms with E-state index in [1.165, 1.54) is 28.6 Å². The van der Waals surface area contributed by atoms with Gasteiger partial charge in [-0.2, -0.15) is 4.37 Å². The molecule has 9 heteroatoms.